The Morgan fingerprint density at radius 2 is 1.53 bits per heavy atom. The molecule has 0 bridgehead atoms. The van der Waals surface area contributed by atoms with Crippen molar-refractivity contribution in [2.75, 3.05) is 14.2 Å². The van der Waals surface area contributed by atoms with E-state index in [9.17, 15) is 0 Å². The maximum Gasteiger partial charge on any atom is 0.128 e. The van der Waals surface area contributed by atoms with Crippen molar-refractivity contribution in [1.29, 1.82) is 0 Å². The standard InChI is InChI=1S/C29H30N2O3/c1-21(23-9-5-4-6-10-23)30-19-24-17-26(34-20-22-13-15-25(32-2)16-14-22)18-28(31-24)27-11-7-8-12-29(27)33-3/h4-18,21,30H,19-20H2,1-3H3. The Kier molecular flexibility index (Phi) is 7.79. The lowest BCUT2D eigenvalue weighted by Gasteiger charge is -2.16. The minimum atomic E-state index is 0.196. The highest BCUT2D eigenvalue weighted by molar-refractivity contribution is 5.68. The molecule has 1 N–H and O–H groups in total. The molecule has 0 saturated carbocycles. The van der Waals surface area contributed by atoms with Crippen molar-refractivity contribution in [3.63, 3.8) is 0 Å². The third kappa shape index (κ3) is 5.94. The second kappa shape index (κ2) is 11.3. The minimum absolute atomic E-state index is 0.196. The van der Waals surface area contributed by atoms with Crippen LogP contribution in [0.2, 0.25) is 0 Å². The number of pyridine rings is 1. The van der Waals surface area contributed by atoms with Gasteiger partial charge in [0, 0.05) is 30.3 Å². The molecule has 34 heavy (non-hydrogen) atoms. The van der Waals surface area contributed by atoms with E-state index in [1.807, 2.05) is 66.7 Å². The van der Waals surface area contributed by atoms with Crippen LogP contribution >= 0.6 is 0 Å². The molecule has 1 atom stereocenters. The summed E-state index contributed by atoms with van der Waals surface area (Å²) in [6.07, 6.45) is 0. The minimum Gasteiger partial charge on any atom is -0.497 e. The first-order valence-electron chi connectivity index (χ1n) is 11.3. The zero-order chi connectivity index (χ0) is 23.8. The summed E-state index contributed by atoms with van der Waals surface area (Å²) in [5.41, 5.74) is 4.94. The fourth-order valence-electron chi connectivity index (χ4n) is 3.73. The predicted molar refractivity (Wildman–Crippen MR) is 135 cm³/mol. The molecule has 1 unspecified atom stereocenters. The maximum atomic E-state index is 6.18. The summed E-state index contributed by atoms with van der Waals surface area (Å²) in [5.74, 6) is 2.36. The number of rotatable bonds is 10. The lowest BCUT2D eigenvalue weighted by atomic mass is 10.1. The Morgan fingerprint density at radius 3 is 2.26 bits per heavy atom. The summed E-state index contributed by atoms with van der Waals surface area (Å²) in [7, 11) is 3.34. The molecule has 0 radical (unpaired) electrons. The fourth-order valence-corrected chi connectivity index (χ4v) is 3.73. The molecular formula is C29H30N2O3. The number of methoxy groups -OCH3 is 2. The van der Waals surface area contributed by atoms with Gasteiger partial charge in [0.1, 0.15) is 23.9 Å². The molecule has 0 aliphatic rings. The summed E-state index contributed by atoms with van der Waals surface area (Å²) >= 11 is 0. The molecule has 0 spiro atoms. The van der Waals surface area contributed by atoms with Crippen LogP contribution in [0.25, 0.3) is 11.3 Å². The average Bonchev–Trinajstić information content (AvgIpc) is 2.91. The first kappa shape index (κ1) is 23.3. The van der Waals surface area contributed by atoms with Gasteiger partial charge in [-0.1, -0.05) is 54.6 Å². The van der Waals surface area contributed by atoms with Gasteiger partial charge in [0.2, 0.25) is 0 Å². The van der Waals surface area contributed by atoms with Gasteiger partial charge in [-0.3, -0.25) is 4.98 Å². The Morgan fingerprint density at radius 1 is 0.794 bits per heavy atom. The molecule has 0 aliphatic heterocycles. The van der Waals surface area contributed by atoms with Gasteiger partial charge in [0.25, 0.3) is 0 Å². The number of nitrogens with one attached hydrogen (secondary N) is 1. The van der Waals surface area contributed by atoms with E-state index in [4.69, 9.17) is 19.2 Å². The number of hydrogen-bond acceptors (Lipinski definition) is 5. The molecule has 1 heterocycles. The lowest BCUT2D eigenvalue weighted by Crippen LogP contribution is -2.19. The Labute approximate surface area is 201 Å². The van der Waals surface area contributed by atoms with Crippen molar-refractivity contribution in [1.82, 2.24) is 10.3 Å². The third-order valence-electron chi connectivity index (χ3n) is 5.69. The summed E-state index contributed by atoms with van der Waals surface area (Å²) in [5, 5.41) is 3.57. The summed E-state index contributed by atoms with van der Waals surface area (Å²) < 4.78 is 17.0. The molecular weight excluding hydrogens is 424 g/mol. The van der Waals surface area contributed by atoms with Crippen LogP contribution in [0.5, 0.6) is 17.2 Å². The number of para-hydroxylation sites is 1. The maximum absolute atomic E-state index is 6.18. The molecule has 4 rings (SSSR count). The Balaban J connectivity index is 1.57. The van der Waals surface area contributed by atoms with Crippen molar-refractivity contribution in [3.05, 3.63) is 108 Å². The average molecular weight is 455 g/mol. The van der Waals surface area contributed by atoms with Gasteiger partial charge in [0.15, 0.2) is 0 Å². The largest absolute Gasteiger partial charge is 0.497 e. The van der Waals surface area contributed by atoms with Gasteiger partial charge in [-0.25, -0.2) is 0 Å². The van der Waals surface area contributed by atoms with E-state index in [1.165, 1.54) is 5.56 Å². The second-order valence-electron chi connectivity index (χ2n) is 8.03. The van der Waals surface area contributed by atoms with Gasteiger partial charge >= 0.3 is 0 Å². The monoisotopic (exact) mass is 454 g/mol. The molecule has 0 saturated heterocycles. The molecule has 1 aromatic heterocycles. The van der Waals surface area contributed by atoms with Crippen LogP contribution in [0.1, 0.15) is 29.8 Å². The molecule has 0 amide bonds. The zero-order valence-electron chi connectivity index (χ0n) is 19.8. The number of ether oxygens (including phenoxy) is 3. The van der Waals surface area contributed by atoms with E-state index in [2.05, 4.69) is 36.5 Å². The summed E-state index contributed by atoms with van der Waals surface area (Å²) in [6, 6.07) is 30.3. The van der Waals surface area contributed by atoms with E-state index in [-0.39, 0.29) is 6.04 Å². The first-order chi connectivity index (χ1) is 16.7. The molecule has 0 fully saturated rings. The fraction of sp³-hybridized carbons (Fsp3) is 0.207. The second-order valence-corrected chi connectivity index (χ2v) is 8.03. The van der Waals surface area contributed by atoms with Gasteiger partial charge in [-0.15, -0.1) is 0 Å². The van der Waals surface area contributed by atoms with Crippen LogP contribution in [-0.2, 0) is 13.2 Å². The van der Waals surface area contributed by atoms with Crippen LogP contribution in [0.3, 0.4) is 0 Å². The molecule has 5 nitrogen and oxygen atoms in total. The molecule has 4 aromatic rings. The van der Waals surface area contributed by atoms with Crippen molar-refractivity contribution < 1.29 is 14.2 Å². The molecule has 5 heteroatoms. The smallest absolute Gasteiger partial charge is 0.128 e. The molecule has 0 aliphatic carbocycles. The number of benzene rings is 3. The summed E-state index contributed by atoms with van der Waals surface area (Å²) in [4.78, 5) is 4.92. The Bertz CT molecular complexity index is 1190. The molecule has 174 valence electrons. The number of aromatic nitrogens is 1. The van der Waals surface area contributed by atoms with Crippen LogP contribution in [0.4, 0.5) is 0 Å². The third-order valence-corrected chi connectivity index (χ3v) is 5.69. The highest BCUT2D eigenvalue weighted by atomic mass is 16.5. The van der Waals surface area contributed by atoms with E-state index in [0.717, 1.165) is 39.8 Å². The van der Waals surface area contributed by atoms with Gasteiger partial charge in [-0.05, 0) is 42.3 Å². The highest BCUT2D eigenvalue weighted by Gasteiger charge is 2.12. The van der Waals surface area contributed by atoms with Crippen LogP contribution < -0.4 is 19.5 Å². The van der Waals surface area contributed by atoms with Gasteiger partial charge in [0.05, 0.1) is 25.6 Å². The van der Waals surface area contributed by atoms with E-state index in [1.54, 1.807) is 14.2 Å². The van der Waals surface area contributed by atoms with Gasteiger partial charge < -0.3 is 19.5 Å². The predicted octanol–water partition coefficient (Wildman–Crippen LogP) is 6.20. The van der Waals surface area contributed by atoms with E-state index < -0.39 is 0 Å². The number of hydrogen-bond donors (Lipinski definition) is 1. The lowest BCUT2D eigenvalue weighted by molar-refractivity contribution is 0.305. The zero-order valence-corrected chi connectivity index (χ0v) is 19.8. The number of nitrogens with zero attached hydrogens (tertiary/aromatic N) is 1. The van der Waals surface area contributed by atoms with Crippen molar-refractivity contribution in [2.45, 2.75) is 26.1 Å². The quantitative estimate of drug-likeness (QED) is 0.309. The topological polar surface area (TPSA) is 52.6 Å². The Hall–Kier alpha value is -3.83. The SMILES string of the molecule is COc1ccc(COc2cc(CNC(C)c3ccccc3)nc(-c3ccccc3OC)c2)cc1. The normalized spacial score (nSPS) is 11.6. The first-order valence-corrected chi connectivity index (χ1v) is 11.3. The molecule has 3 aromatic carbocycles. The van der Waals surface area contributed by atoms with Gasteiger partial charge in [-0.2, -0.15) is 0 Å². The highest BCUT2D eigenvalue weighted by Crippen LogP contribution is 2.31. The van der Waals surface area contributed by atoms with Crippen molar-refractivity contribution in [3.8, 4) is 28.5 Å². The van der Waals surface area contributed by atoms with E-state index in [0.29, 0.717) is 13.2 Å². The van der Waals surface area contributed by atoms with Crippen LogP contribution in [0.15, 0.2) is 91.0 Å². The van der Waals surface area contributed by atoms with E-state index >= 15 is 0 Å². The van der Waals surface area contributed by atoms with Crippen molar-refractivity contribution in [2.24, 2.45) is 0 Å². The summed E-state index contributed by atoms with van der Waals surface area (Å²) in [6.45, 7) is 3.21. The van der Waals surface area contributed by atoms with Crippen LogP contribution in [0, 0.1) is 0 Å². The van der Waals surface area contributed by atoms with Crippen LogP contribution in [-0.4, -0.2) is 19.2 Å². The van der Waals surface area contributed by atoms with Crippen molar-refractivity contribution >= 4 is 0 Å².